The van der Waals surface area contributed by atoms with E-state index in [0.717, 1.165) is 16.5 Å². The summed E-state index contributed by atoms with van der Waals surface area (Å²) in [7, 11) is 0. The third-order valence-electron chi connectivity index (χ3n) is 4.62. The fourth-order valence-electron chi connectivity index (χ4n) is 3.27. The predicted octanol–water partition coefficient (Wildman–Crippen LogP) is 3.96. The lowest BCUT2D eigenvalue weighted by Crippen LogP contribution is -2.15. The van der Waals surface area contributed by atoms with E-state index in [9.17, 15) is 4.79 Å². The van der Waals surface area contributed by atoms with Gasteiger partial charge in [0.1, 0.15) is 0 Å². The van der Waals surface area contributed by atoms with E-state index in [0.29, 0.717) is 41.3 Å². The molecule has 2 N–H and O–H groups in total. The molecule has 0 saturated heterocycles. The van der Waals surface area contributed by atoms with E-state index in [2.05, 4.69) is 10.1 Å². The van der Waals surface area contributed by atoms with Gasteiger partial charge >= 0.3 is 0 Å². The van der Waals surface area contributed by atoms with Crippen LogP contribution in [-0.4, -0.2) is 33.9 Å². The summed E-state index contributed by atoms with van der Waals surface area (Å²) in [5, 5.41) is 5.85. The lowest BCUT2D eigenvalue weighted by atomic mass is 10.1. The van der Waals surface area contributed by atoms with Crippen LogP contribution < -0.4 is 15.2 Å². The monoisotopic (exact) mass is 390 g/mol. The number of aryl methyl sites for hydroxylation is 1. The van der Waals surface area contributed by atoms with Gasteiger partial charge in [-0.1, -0.05) is 12.1 Å². The van der Waals surface area contributed by atoms with Gasteiger partial charge < -0.3 is 15.2 Å². The van der Waals surface area contributed by atoms with Crippen molar-refractivity contribution in [1.29, 1.82) is 0 Å². The average molecular weight is 390 g/mol. The van der Waals surface area contributed by atoms with Crippen LogP contribution in [0.25, 0.3) is 21.9 Å². The van der Waals surface area contributed by atoms with Gasteiger partial charge in [0.25, 0.3) is 5.91 Å². The molecule has 0 bridgehead atoms. The molecule has 7 heteroatoms. The van der Waals surface area contributed by atoms with Gasteiger partial charge in [-0.2, -0.15) is 4.68 Å². The molecular weight excluding hydrogens is 368 g/mol. The number of pyridine rings is 1. The van der Waals surface area contributed by atoms with Crippen molar-refractivity contribution in [3.63, 3.8) is 0 Å². The first-order valence-corrected chi connectivity index (χ1v) is 9.51. The first kappa shape index (κ1) is 18.7. The van der Waals surface area contributed by atoms with Crippen LogP contribution in [0.3, 0.4) is 0 Å². The normalized spacial score (nSPS) is 11.1. The van der Waals surface area contributed by atoms with E-state index in [1.165, 1.54) is 4.68 Å². The molecule has 4 aromatic rings. The largest absolute Gasteiger partial charge is 0.490 e. The summed E-state index contributed by atoms with van der Waals surface area (Å²) in [6, 6.07) is 12.9. The molecule has 0 atom stereocenters. The number of aromatic nitrogens is 3. The number of hydrogen-bond acceptors (Lipinski definition) is 6. The molecule has 148 valence electrons. The van der Waals surface area contributed by atoms with E-state index in [1.807, 2.05) is 45.0 Å². The summed E-state index contributed by atoms with van der Waals surface area (Å²) in [5.74, 6) is 1.03. The second-order valence-electron chi connectivity index (χ2n) is 6.69. The zero-order chi connectivity index (χ0) is 20.5. The highest BCUT2D eigenvalue weighted by Gasteiger charge is 2.19. The van der Waals surface area contributed by atoms with Crippen LogP contribution in [0.1, 0.15) is 29.8 Å². The Morgan fingerprint density at radius 2 is 1.79 bits per heavy atom. The van der Waals surface area contributed by atoms with E-state index in [4.69, 9.17) is 15.2 Å². The van der Waals surface area contributed by atoms with Crippen molar-refractivity contribution in [2.24, 2.45) is 0 Å². The Morgan fingerprint density at radius 1 is 1.03 bits per heavy atom. The third kappa shape index (κ3) is 3.35. The Balaban J connectivity index is 1.83. The quantitative estimate of drug-likeness (QED) is 0.554. The highest BCUT2D eigenvalue weighted by molar-refractivity contribution is 6.05. The minimum absolute atomic E-state index is 0.263. The lowest BCUT2D eigenvalue weighted by molar-refractivity contribution is 0.0949. The fourth-order valence-corrected chi connectivity index (χ4v) is 3.27. The maximum atomic E-state index is 13.2. The molecule has 0 fully saturated rings. The minimum atomic E-state index is -0.338. The number of rotatable bonds is 5. The molecule has 2 aromatic heterocycles. The molecule has 0 spiro atoms. The summed E-state index contributed by atoms with van der Waals surface area (Å²) in [5.41, 5.74) is 8.80. The summed E-state index contributed by atoms with van der Waals surface area (Å²) in [6.45, 7) is 6.73. The molecule has 0 unspecified atom stereocenters. The van der Waals surface area contributed by atoms with Crippen molar-refractivity contribution in [2.75, 3.05) is 18.9 Å². The topological polar surface area (TPSA) is 92.3 Å². The van der Waals surface area contributed by atoms with Crippen LogP contribution in [-0.2, 0) is 0 Å². The number of hydrogen-bond donors (Lipinski definition) is 1. The number of benzene rings is 2. The van der Waals surface area contributed by atoms with Crippen LogP contribution in [0, 0.1) is 6.92 Å². The van der Waals surface area contributed by atoms with E-state index in [1.54, 1.807) is 18.2 Å². The van der Waals surface area contributed by atoms with Crippen molar-refractivity contribution < 1.29 is 14.3 Å². The molecule has 0 aliphatic carbocycles. The first-order valence-electron chi connectivity index (χ1n) is 9.51. The Hall–Kier alpha value is -3.61. The molecule has 0 radical (unpaired) electrons. The molecule has 2 heterocycles. The van der Waals surface area contributed by atoms with Gasteiger partial charge in [-0.15, -0.1) is 5.10 Å². The maximum absolute atomic E-state index is 13.2. The van der Waals surface area contributed by atoms with Gasteiger partial charge in [-0.3, -0.25) is 4.79 Å². The first-order chi connectivity index (χ1) is 14.0. The van der Waals surface area contributed by atoms with Crippen LogP contribution in [0.5, 0.6) is 11.5 Å². The Bertz CT molecular complexity index is 1230. The van der Waals surface area contributed by atoms with Crippen molar-refractivity contribution in [3.05, 3.63) is 53.6 Å². The third-order valence-corrected chi connectivity index (χ3v) is 4.62. The Morgan fingerprint density at radius 3 is 2.55 bits per heavy atom. The molecule has 2 aromatic carbocycles. The number of carbonyl (C=O) groups is 1. The Kier molecular flexibility index (Phi) is 4.80. The molecule has 0 amide bonds. The molecule has 4 rings (SSSR count). The van der Waals surface area contributed by atoms with Gasteiger partial charge in [-0.05, 0) is 56.7 Å². The minimum Gasteiger partial charge on any atom is -0.490 e. The molecular formula is C22H22N4O3. The van der Waals surface area contributed by atoms with E-state index >= 15 is 0 Å². The Labute approximate surface area is 168 Å². The predicted molar refractivity (Wildman–Crippen MR) is 113 cm³/mol. The van der Waals surface area contributed by atoms with Crippen LogP contribution in [0.15, 0.2) is 42.5 Å². The van der Waals surface area contributed by atoms with Crippen LogP contribution in [0.2, 0.25) is 0 Å². The van der Waals surface area contributed by atoms with Crippen molar-refractivity contribution in [2.45, 2.75) is 20.8 Å². The second-order valence-corrected chi connectivity index (χ2v) is 6.69. The van der Waals surface area contributed by atoms with Gasteiger partial charge in [0.05, 0.1) is 24.1 Å². The van der Waals surface area contributed by atoms with Crippen molar-refractivity contribution >= 4 is 33.7 Å². The van der Waals surface area contributed by atoms with Crippen molar-refractivity contribution in [3.8, 4) is 11.5 Å². The fraction of sp³-hybridized carbons (Fsp3) is 0.227. The number of ether oxygens (including phenoxy) is 2. The zero-order valence-corrected chi connectivity index (χ0v) is 16.6. The highest BCUT2D eigenvalue weighted by atomic mass is 16.5. The number of anilines is 1. The van der Waals surface area contributed by atoms with E-state index in [-0.39, 0.29) is 11.7 Å². The lowest BCUT2D eigenvalue weighted by Gasteiger charge is -2.12. The van der Waals surface area contributed by atoms with Gasteiger partial charge in [0.2, 0.25) is 0 Å². The molecule has 0 saturated carbocycles. The average Bonchev–Trinajstić information content (AvgIpc) is 3.03. The van der Waals surface area contributed by atoms with Gasteiger partial charge in [0, 0.05) is 10.9 Å². The summed E-state index contributed by atoms with van der Waals surface area (Å²) in [4.78, 5) is 17.9. The van der Waals surface area contributed by atoms with Crippen molar-refractivity contribution in [1.82, 2.24) is 14.8 Å². The van der Waals surface area contributed by atoms with Crippen LogP contribution >= 0.6 is 0 Å². The number of nitrogens with two attached hydrogens (primary N) is 1. The van der Waals surface area contributed by atoms with E-state index < -0.39 is 0 Å². The number of carbonyl (C=O) groups excluding carboxylic acids is 1. The smallest absolute Gasteiger partial charge is 0.280 e. The maximum Gasteiger partial charge on any atom is 0.280 e. The second kappa shape index (κ2) is 7.43. The summed E-state index contributed by atoms with van der Waals surface area (Å²) >= 11 is 0. The number of fused-ring (bicyclic) bond motifs is 2. The zero-order valence-electron chi connectivity index (χ0n) is 16.6. The summed E-state index contributed by atoms with van der Waals surface area (Å²) in [6.07, 6.45) is 0. The SMILES string of the molecule is CCOc1ccc(C(=O)n2nc(N)c3cc4ccc(C)cc4nc32)cc1OCC. The summed E-state index contributed by atoms with van der Waals surface area (Å²) < 4.78 is 12.5. The van der Waals surface area contributed by atoms with Crippen LogP contribution in [0.4, 0.5) is 5.82 Å². The van der Waals surface area contributed by atoms with Gasteiger partial charge in [-0.25, -0.2) is 4.98 Å². The molecule has 0 aliphatic heterocycles. The standard InChI is InChI=1S/C22H22N4O3/c1-4-28-18-9-8-15(12-19(18)29-5-2)22(27)26-21-16(20(23)25-26)11-14-7-6-13(3)10-17(14)24-21/h6-12H,4-5H2,1-3H3,(H2,23,25). The molecule has 29 heavy (non-hydrogen) atoms. The number of nitrogen functional groups attached to an aromatic ring is 1. The van der Waals surface area contributed by atoms with Gasteiger partial charge in [0.15, 0.2) is 23.0 Å². The molecule has 0 aliphatic rings. The molecule has 7 nitrogen and oxygen atoms in total. The highest BCUT2D eigenvalue weighted by Crippen LogP contribution is 2.30. The number of nitrogens with zero attached hydrogens (tertiary/aromatic N) is 3.